The van der Waals surface area contributed by atoms with E-state index in [2.05, 4.69) is 73.7 Å². The molecule has 1 N–H and O–H groups in total. The number of nitrogens with zero attached hydrogens (tertiary/aromatic N) is 1. The lowest BCUT2D eigenvalue weighted by atomic mass is 10.1. The summed E-state index contributed by atoms with van der Waals surface area (Å²) >= 11 is 0. The molecule has 0 aromatic heterocycles. The molecular formula is C20H28N2O. The molecular weight excluding hydrogens is 284 g/mol. The van der Waals surface area contributed by atoms with E-state index in [4.69, 9.17) is 4.74 Å². The van der Waals surface area contributed by atoms with Gasteiger partial charge in [0, 0.05) is 6.54 Å². The molecule has 0 atom stereocenters. The van der Waals surface area contributed by atoms with Crippen molar-refractivity contribution < 1.29 is 4.74 Å². The van der Waals surface area contributed by atoms with Crippen LogP contribution < -0.4 is 10.1 Å². The summed E-state index contributed by atoms with van der Waals surface area (Å²) in [6, 6.07) is 16.8. The van der Waals surface area contributed by atoms with E-state index in [1.807, 2.05) is 6.07 Å². The van der Waals surface area contributed by atoms with Gasteiger partial charge >= 0.3 is 0 Å². The normalized spacial score (nSPS) is 11.0. The van der Waals surface area contributed by atoms with Gasteiger partial charge < -0.3 is 15.0 Å². The van der Waals surface area contributed by atoms with Gasteiger partial charge in [0.2, 0.25) is 0 Å². The van der Waals surface area contributed by atoms with Crippen LogP contribution >= 0.6 is 0 Å². The second-order valence-electron chi connectivity index (χ2n) is 6.26. The average Bonchev–Trinajstić information content (AvgIpc) is 2.53. The van der Waals surface area contributed by atoms with Crippen LogP contribution in [0, 0.1) is 6.92 Å². The fourth-order valence-corrected chi connectivity index (χ4v) is 2.47. The molecule has 0 heterocycles. The number of rotatable bonds is 9. The summed E-state index contributed by atoms with van der Waals surface area (Å²) in [5, 5.41) is 3.48. The summed E-state index contributed by atoms with van der Waals surface area (Å²) < 4.78 is 5.91. The fraction of sp³-hybridized carbons (Fsp3) is 0.400. The Morgan fingerprint density at radius 3 is 2.57 bits per heavy atom. The Morgan fingerprint density at radius 1 is 1.00 bits per heavy atom. The van der Waals surface area contributed by atoms with E-state index in [1.54, 1.807) is 0 Å². The monoisotopic (exact) mass is 312 g/mol. The van der Waals surface area contributed by atoms with Crippen LogP contribution in [0.15, 0.2) is 48.5 Å². The van der Waals surface area contributed by atoms with Crippen LogP contribution in [0.5, 0.6) is 5.75 Å². The molecule has 0 saturated carbocycles. The van der Waals surface area contributed by atoms with Gasteiger partial charge in [-0.3, -0.25) is 0 Å². The minimum atomic E-state index is 0.612. The minimum absolute atomic E-state index is 0.612. The van der Waals surface area contributed by atoms with E-state index >= 15 is 0 Å². The van der Waals surface area contributed by atoms with E-state index in [0.717, 1.165) is 31.8 Å². The minimum Gasteiger partial charge on any atom is -0.489 e. The van der Waals surface area contributed by atoms with Crippen LogP contribution in [0.1, 0.15) is 23.1 Å². The van der Waals surface area contributed by atoms with Crippen molar-refractivity contribution in [1.29, 1.82) is 0 Å². The van der Waals surface area contributed by atoms with Crippen molar-refractivity contribution in [2.75, 3.05) is 27.2 Å². The van der Waals surface area contributed by atoms with Gasteiger partial charge in [-0.05, 0) is 63.8 Å². The number of hydrogen-bond acceptors (Lipinski definition) is 3. The zero-order valence-electron chi connectivity index (χ0n) is 14.5. The summed E-state index contributed by atoms with van der Waals surface area (Å²) in [6.45, 7) is 5.75. The predicted octanol–water partition coefficient (Wildman–Crippen LogP) is 3.62. The molecule has 0 saturated heterocycles. The predicted molar refractivity (Wildman–Crippen MR) is 96.8 cm³/mol. The molecule has 0 radical (unpaired) electrons. The Balaban J connectivity index is 1.78. The molecule has 2 rings (SSSR count). The lowest BCUT2D eigenvalue weighted by molar-refractivity contribution is 0.305. The molecule has 3 heteroatoms. The third kappa shape index (κ3) is 6.85. The van der Waals surface area contributed by atoms with Crippen LogP contribution in [-0.2, 0) is 13.2 Å². The molecule has 0 aliphatic heterocycles. The van der Waals surface area contributed by atoms with Gasteiger partial charge in [-0.25, -0.2) is 0 Å². The largest absolute Gasteiger partial charge is 0.489 e. The highest BCUT2D eigenvalue weighted by atomic mass is 16.5. The van der Waals surface area contributed by atoms with Crippen molar-refractivity contribution in [3.8, 4) is 5.75 Å². The van der Waals surface area contributed by atoms with Crippen molar-refractivity contribution in [3.05, 3.63) is 65.2 Å². The van der Waals surface area contributed by atoms with Crippen molar-refractivity contribution >= 4 is 0 Å². The lowest BCUT2D eigenvalue weighted by Crippen LogP contribution is -2.20. The van der Waals surface area contributed by atoms with Gasteiger partial charge in [-0.1, -0.05) is 42.0 Å². The van der Waals surface area contributed by atoms with E-state index < -0.39 is 0 Å². The second kappa shape index (κ2) is 9.33. The van der Waals surface area contributed by atoms with Crippen LogP contribution in [0.25, 0.3) is 0 Å². The van der Waals surface area contributed by atoms with Crippen LogP contribution in [0.4, 0.5) is 0 Å². The van der Waals surface area contributed by atoms with E-state index in [-0.39, 0.29) is 0 Å². The maximum atomic E-state index is 5.91. The average molecular weight is 312 g/mol. The quantitative estimate of drug-likeness (QED) is 0.716. The van der Waals surface area contributed by atoms with E-state index in [0.29, 0.717) is 6.61 Å². The Kier molecular flexibility index (Phi) is 7.11. The number of benzene rings is 2. The summed E-state index contributed by atoms with van der Waals surface area (Å²) in [6.07, 6.45) is 1.16. The van der Waals surface area contributed by atoms with E-state index in [9.17, 15) is 0 Å². The van der Waals surface area contributed by atoms with Gasteiger partial charge in [0.1, 0.15) is 12.4 Å². The fourth-order valence-electron chi connectivity index (χ4n) is 2.47. The molecule has 0 aliphatic carbocycles. The third-order valence-corrected chi connectivity index (χ3v) is 3.67. The first kappa shape index (κ1) is 17.5. The third-order valence-electron chi connectivity index (χ3n) is 3.67. The van der Waals surface area contributed by atoms with E-state index in [1.165, 1.54) is 16.7 Å². The van der Waals surface area contributed by atoms with Gasteiger partial charge in [-0.2, -0.15) is 0 Å². The number of nitrogens with one attached hydrogen (secondary N) is 1. The Labute approximate surface area is 140 Å². The molecule has 0 bridgehead atoms. The molecule has 23 heavy (non-hydrogen) atoms. The molecule has 2 aromatic carbocycles. The molecule has 0 unspecified atom stereocenters. The summed E-state index contributed by atoms with van der Waals surface area (Å²) in [5.74, 6) is 0.930. The first-order valence-corrected chi connectivity index (χ1v) is 8.26. The molecule has 0 amide bonds. The summed E-state index contributed by atoms with van der Waals surface area (Å²) in [7, 11) is 4.21. The zero-order chi connectivity index (χ0) is 16.5. The maximum Gasteiger partial charge on any atom is 0.120 e. The highest BCUT2D eigenvalue weighted by Crippen LogP contribution is 2.15. The standard InChI is InChI=1S/C20H28N2O/c1-17-7-4-9-19(13-17)16-23-20-10-5-8-18(14-20)15-21-11-6-12-22(2)3/h4-5,7-10,13-14,21H,6,11-12,15-16H2,1-3H3. The van der Waals surface area contributed by atoms with Crippen molar-refractivity contribution in [3.63, 3.8) is 0 Å². The summed E-state index contributed by atoms with van der Waals surface area (Å²) in [4.78, 5) is 2.21. The van der Waals surface area contributed by atoms with Gasteiger partial charge in [0.25, 0.3) is 0 Å². The topological polar surface area (TPSA) is 24.5 Å². The maximum absolute atomic E-state index is 5.91. The lowest BCUT2D eigenvalue weighted by Gasteiger charge is -2.11. The van der Waals surface area contributed by atoms with Gasteiger partial charge in [0.05, 0.1) is 0 Å². The summed E-state index contributed by atoms with van der Waals surface area (Å²) in [5.41, 5.74) is 3.73. The molecule has 124 valence electrons. The van der Waals surface area contributed by atoms with Crippen LogP contribution in [0.2, 0.25) is 0 Å². The Hall–Kier alpha value is -1.84. The first-order valence-electron chi connectivity index (χ1n) is 8.26. The molecule has 0 fully saturated rings. The number of aryl methyl sites for hydroxylation is 1. The van der Waals surface area contributed by atoms with Gasteiger partial charge in [0.15, 0.2) is 0 Å². The molecule has 3 nitrogen and oxygen atoms in total. The highest BCUT2D eigenvalue weighted by molar-refractivity contribution is 5.29. The van der Waals surface area contributed by atoms with Crippen molar-refractivity contribution in [2.45, 2.75) is 26.5 Å². The zero-order valence-corrected chi connectivity index (χ0v) is 14.5. The molecule has 0 aliphatic rings. The Morgan fingerprint density at radius 2 is 1.78 bits per heavy atom. The van der Waals surface area contributed by atoms with Gasteiger partial charge in [-0.15, -0.1) is 0 Å². The molecule has 2 aromatic rings. The number of ether oxygens (including phenoxy) is 1. The highest BCUT2D eigenvalue weighted by Gasteiger charge is 1.99. The van der Waals surface area contributed by atoms with Crippen LogP contribution in [-0.4, -0.2) is 32.1 Å². The molecule has 0 spiro atoms. The van der Waals surface area contributed by atoms with Crippen LogP contribution in [0.3, 0.4) is 0 Å². The second-order valence-corrected chi connectivity index (χ2v) is 6.26. The van der Waals surface area contributed by atoms with Crippen molar-refractivity contribution in [1.82, 2.24) is 10.2 Å². The SMILES string of the molecule is Cc1cccc(COc2cccc(CNCCCN(C)C)c2)c1. The number of hydrogen-bond donors (Lipinski definition) is 1. The first-order chi connectivity index (χ1) is 11.1. The Bertz CT molecular complexity index is 596. The smallest absolute Gasteiger partial charge is 0.120 e. The van der Waals surface area contributed by atoms with Crippen molar-refractivity contribution in [2.24, 2.45) is 0 Å².